The van der Waals surface area contributed by atoms with Gasteiger partial charge in [0, 0.05) is 18.7 Å². The van der Waals surface area contributed by atoms with E-state index in [9.17, 15) is 4.79 Å². The van der Waals surface area contributed by atoms with E-state index in [-0.39, 0.29) is 12.5 Å². The molecule has 1 heterocycles. The molecule has 0 radical (unpaired) electrons. The van der Waals surface area contributed by atoms with Crippen LogP contribution in [0.1, 0.15) is 21.5 Å². The number of amides is 1. The number of aliphatic hydroxyl groups excluding tert-OH is 1. The summed E-state index contributed by atoms with van der Waals surface area (Å²) in [5.41, 5.74) is 2.31. The first kappa shape index (κ1) is 13.6. The number of carbonyl (C=O) groups is 1. The minimum atomic E-state index is -0.209. The van der Waals surface area contributed by atoms with Crippen molar-refractivity contribution in [1.29, 1.82) is 0 Å². The van der Waals surface area contributed by atoms with Crippen LogP contribution in [-0.4, -0.2) is 48.8 Å². The van der Waals surface area contributed by atoms with Crippen molar-refractivity contribution in [3.8, 4) is 11.8 Å². The number of ether oxygens (including phenoxy) is 1. The van der Waals surface area contributed by atoms with Crippen LogP contribution >= 0.6 is 0 Å². The Morgan fingerprint density at radius 3 is 2.84 bits per heavy atom. The Kier molecular flexibility index (Phi) is 4.56. The number of benzene rings is 1. The average molecular weight is 259 g/mol. The van der Waals surface area contributed by atoms with Crippen molar-refractivity contribution >= 4 is 5.91 Å². The summed E-state index contributed by atoms with van der Waals surface area (Å²) in [5.74, 6) is 5.42. The third-order valence-corrected chi connectivity index (χ3v) is 3.01. The van der Waals surface area contributed by atoms with E-state index in [1.54, 1.807) is 11.0 Å². The molecule has 4 heteroatoms. The van der Waals surface area contributed by atoms with Gasteiger partial charge in [0.2, 0.25) is 0 Å². The minimum Gasteiger partial charge on any atom is -0.384 e. The van der Waals surface area contributed by atoms with Gasteiger partial charge in [0.05, 0.1) is 18.8 Å². The molecule has 1 aliphatic heterocycles. The van der Waals surface area contributed by atoms with Crippen molar-refractivity contribution in [2.45, 2.75) is 6.92 Å². The van der Waals surface area contributed by atoms with E-state index in [0.29, 0.717) is 37.4 Å². The lowest BCUT2D eigenvalue weighted by Crippen LogP contribution is -2.41. The van der Waals surface area contributed by atoms with E-state index >= 15 is 0 Å². The Bertz CT molecular complexity index is 522. The topological polar surface area (TPSA) is 49.8 Å². The highest BCUT2D eigenvalue weighted by Crippen LogP contribution is 2.14. The summed E-state index contributed by atoms with van der Waals surface area (Å²) in [7, 11) is 0. The first-order chi connectivity index (χ1) is 9.22. The predicted molar refractivity (Wildman–Crippen MR) is 71.9 cm³/mol. The number of hydrogen-bond donors (Lipinski definition) is 1. The fourth-order valence-electron chi connectivity index (χ4n) is 2.02. The molecule has 1 aromatic rings. The van der Waals surface area contributed by atoms with Crippen molar-refractivity contribution in [2.24, 2.45) is 0 Å². The fourth-order valence-corrected chi connectivity index (χ4v) is 2.02. The van der Waals surface area contributed by atoms with E-state index in [4.69, 9.17) is 9.84 Å². The van der Waals surface area contributed by atoms with Crippen LogP contribution in [0.2, 0.25) is 0 Å². The number of rotatable bonds is 1. The molecule has 1 fully saturated rings. The number of carbonyl (C=O) groups excluding carboxylic acids is 1. The van der Waals surface area contributed by atoms with Gasteiger partial charge in [-0.3, -0.25) is 4.79 Å². The molecular formula is C15H17NO3. The second-order valence-corrected chi connectivity index (χ2v) is 4.41. The van der Waals surface area contributed by atoms with E-state index in [1.165, 1.54) is 0 Å². The summed E-state index contributed by atoms with van der Waals surface area (Å²) in [6.07, 6.45) is 0. The Morgan fingerprint density at radius 2 is 2.16 bits per heavy atom. The van der Waals surface area contributed by atoms with Gasteiger partial charge >= 0.3 is 0 Å². The molecule has 1 aliphatic rings. The van der Waals surface area contributed by atoms with Gasteiger partial charge in [0.15, 0.2) is 0 Å². The molecule has 1 saturated heterocycles. The zero-order valence-corrected chi connectivity index (χ0v) is 11.0. The molecule has 0 saturated carbocycles. The third-order valence-electron chi connectivity index (χ3n) is 3.01. The van der Waals surface area contributed by atoms with Crippen molar-refractivity contribution in [3.05, 3.63) is 34.9 Å². The van der Waals surface area contributed by atoms with Gasteiger partial charge < -0.3 is 14.7 Å². The van der Waals surface area contributed by atoms with Gasteiger partial charge in [-0.05, 0) is 24.6 Å². The largest absolute Gasteiger partial charge is 0.384 e. The first-order valence-corrected chi connectivity index (χ1v) is 6.30. The van der Waals surface area contributed by atoms with Crippen LogP contribution < -0.4 is 0 Å². The summed E-state index contributed by atoms with van der Waals surface area (Å²) in [6, 6.07) is 5.57. The number of aryl methyl sites for hydroxylation is 1. The molecule has 4 nitrogen and oxygen atoms in total. The van der Waals surface area contributed by atoms with Gasteiger partial charge in [0.25, 0.3) is 5.91 Å². The maximum Gasteiger partial charge on any atom is 0.255 e. The minimum absolute atomic E-state index is 0.0226. The summed E-state index contributed by atoms with van der Waals surface area (Å²) in [6.45, 7) is 4.12. The molecule has 0 aliphatic carbocycles. The highest BCUT2D eigenvalue weighted by atomic mass is 16.5. The lowest BCUT2D eigenvalue weighted by atomic mass is 10.0. The highest BCUT2D eigenvalue weighted by molar-refractivity contribution is 5.97. The summed E-state index contributed by atoms with van der Waals surface area (Å²) < 4.78 is 5.25. The zero-order chi connectivity index (χ0) is 13.7. The Morgan fingerprint density at radius 1 is 1.42 bits per heavy atom. The van der Waals surface area contributed by atoms with Crippen molar-refractivity contribution in [1.82, 2.24) is 4.90 Å². The number of morpholine rings is 1. The maximum atomic E-state index is 12.4. The summed E-state index contributed by atoms with van der Waals surface area (Å²) in [4.78, 5) is 14.2. The smallest absolute Gasteiger partial charge is 0.255 e. The Balaban J connectivity index is 2.29. The van der Waals surface area contributed by atoms with Crippen LogP contribution in [0.25, 0.3) is 0 Å². The van der Waals surface area contributed by atoms with Gasteiger partial charge in [0.1, 0.15) is 6.61 Å². The highest BCUT2D eigenvalue weighted by Gasteiger charge is 2.20. The standard InChI is InChI=1S/C15H17NO3/c1-12-4-5-14(13(11-12)3-2-8-17)15(18)16-6-9-19-10-7-16/h4-5,11,17H,6-10H2,1H3. The molecule has 0 atom stereocenters. The van der Waals surface area contributed by atoms with E-state index < -0.39 is 0 Å². The average Bonchev–Trinajstić information content (AvgIpc) is 2.45. The fraction of sp³-hybridized carbons (Fsp3) is 0.400. The molecule has 1 aromatic carbocycles. The maximum absolute atomic E-state index is 12.4. The molecule has 0 bridgehead atoms. The second kappa shape index (κ2) is 6.37. The van der Waals surface area contributed by atoms with E-state index in [1.807, 2.05) is 19.1 Å². The lowest BCUT2D eigenvalue weighted by molar-refractivity contribution is 0.0302. The summed E-state index contributed by atoms with van der Waals surface area (Å²) in [5, 5.41) is 8.79. The van der Waals surface area contributed by atoms with Gasteiger partial charge in [-0.15, -0.1) is 0 Å². The molecular weight excluding hydrogens is 242 g/mol. The van der Waals surface area contributed by atoms with Crippen LogP contribution in [0.15, 0.2) is 18.2 Å². The molecule has 0 spiro atoms. The number of aliphatic hydroxyl groups is 1. The molecule has 1 N–H and O–H groups in total. The summed E-state index contributed by atoms with van der Waals surface area (Å²) >= 11 is 0. The Hall–Kier alpha value is -1.83. The third kappa shape index (κ3) is 3.34. The quantitative estimate of drug-likeness (QED) is 0.759. The van der Waals surface area contributed by atoms with Gasteiger partial charge in [-0.1, -0.05) is 17.9 Å². The van der Waals surface area contributed by atoms with E-state index in [2.05, 4.69) is 11.8 Å². The lowest BCUT2D eigenvalue weighted by Gasteiger charge is -2.27. The SMILES string of the molecule is Cc1ccc(C(=O)N2CCOCC2)c(C#CCO)c1. The predicted octanol–water partition coefficient (Wildman–Crippen LogP) is 0.811. The van der Waals surface area contributed by atoms with Crippen LogP contribution in [0, 0.1) is 18.8 Å². The molecule has 100 valence electrons. The van der Waals surface area contributed by atoms with Crippen LogP contribution in [0.3, 0.4) is 0 Å². The first-order valence-electron chi connectivity index (χ1n) is 6.30. The number of hydrogen-bond acceptors (Lipinski definition) is 3. The normalized spacial score (nSPS) is 14.7. The van der Waals surface area contributed by atoms with Crippen LogP contribution in [0.4, 0.5) is 0 Å². The zero-order valence-electron chi connectivity index (χ0n) is 11.0. The van der Waals surface area contributed by atoms with Crippen LogP contribution in [0.5, 0.6) is 0 Å². The number of nitrogens with zero attached hydrogens (tertiary/aromatic N) is 1. The molecule has 1 amide bonds. The van der Waals surface area contributed by atoms with Gasteiger partial charge in [-0.25, -0.2) is 0 Å². The Labute approximate surface area is 113 Å². The van der Waals surface area contributed by atoms with Crippen molar-refractivity contribution in [2.75, 3.05) is 32.9 Å². The van der Waals surface area contributed by atoms with E-state index in [0.717, 1.165) is 5.56 Å². The molecule has 0 aromatic heterocycles. The molecule has 19 heavy (non-hydrogen) atoms. The van der Waals surface area contributed by atoms with Crippen molar-refractivity contribution in [3.63, 3.8) is 0 Å². The second-order valence-electron chi connectivity index (χ2n) is 4.41. The molecule has 2 rings (SSSR count). The van der Waals surface area contributed by atoms with Crippen molar-refractivity contribution < 1.29 is 14.6 Å². The monoisotopic (exact) mass is 259 g/mol. The molecule has 0 unspecified atom stereocenters. The van der Waals surface area contributed by atoms with Crippen LogP contribution in [-0.2, 0) is 4.74 Å². The van der Waals surface area contributed by atoms with Gasteiger partial charge in [-0.2, -0.15) is 0 Å².